The minimum atomic E-state index is -0.675. The Balaban J connectivity index is 1.13. The number of aromatic nitrogens is 3. The zero-order chi connectivity index (χ0) is 29.9. The standard InChI is InChI=1S/C31H36ClN7O4/c1-19(26-4-3-5-27(36-26)38-10-14-43-15-11-38)34-29(40)20(2)39-18-22-7-6-21(16-24(22)30(39)41)28-25(32)17-33-31(37-28)35-23-8-12-42-13-9-23/h3-7,16-17,19-20,23H,8-15,18H2,1-2H3,(H,34,40)(H,33,35,37)/t19-,20+/m1/s1. The summed E-state index contributed by atoms with van der Waals surface area (Å²) in [5.41, 5.74) is 3.42. The Morgan fingerprint density at radius 2 is 1.81 bits per heavy atom. The average molecular weight is 606 g/mol. The van der Waals surface area contributed by atoms with Crippen LogP contribution in [-0.2, 0) is 20.8 Å². The summed E-state index contributed by atoms with van der Waals surface area (Å²) >= 11 is 6.50. The van der Waals surface area contributed by atoms with Gasteiger partial charge in [-0.25, -0.2) is 15.0 Å². The van der Waals surface area contributed by atoms with Gasteiger partial charge in [0, 0.05) is 50.0 Å². The van der Waals surface area contributed by atoms with Gasteiger partial charge in [-0.1, -0.05) is 29.8 Å². The molecule has 2 fully saturated rings. The molecule has 2 saturated heterocycles. The molecule has 0 aliphatic carbocycles. The first kappa shape index (κ1) is 29.3. The number of morpholine rings is 1. The lowest BCUT2D eigenvalue weighted by molar-refractivity contribution is -0.125. The number of amides is 2. The fourth-order valence-electron chi connectivity index (χ4n) is 5.65. The van der Waals surface area contributed by atoms with Gasteiger partial charge in [-0.15, -0.1) is 0 Å². The molecule has 3 aromatic rings. The van der Waals surface area contributed by atoms with Gasteiger partial charge in [0.15, 0.2) is 0 Å². The molecule has 0 saturated carbocycles. The predicted octanol–water partition coefficient (Wildman–Crippen LogP) is 3.84. The minimum absolute atomic E-state index is 0.203. The van der Waals surface area contributed by atoms with Crippen molar-refractivity contribution < 1.29 is 19.1 Å². The molecule has 11 nitrogen and oxygen atoms in total. The molecule has 5 heterocycles. The molecule has 12 heteroatoms. The van der Waals surface area contributed by atoms with Crippen LogP contribution in [0.15, 0.2) is 42.6 Å². The topological polar surface area (TPSA) is 122 Å². The van der Waals surface area contributed by atoms with Gasteiger partial charge in [-0.3, -0.25) is 9.59 Å². The number of halogens is 1. The Morgan fingerprint density at radius 3 is 2.60 bits per heavy atom. The zero-order valence-corrected chi connectivity index (χ0v) is 25.1. The Hall–Kier alpha value is -3.80. The molecule has 0 bridgehead atoms. The second-order valence-corrected chi connectivity index (χ2v) is 11.6. The van der Waals surface area contributed by atoms with Crippen LogP contribution in [0.3, 0.4) is 0 Å². The monoisotopic (exact) mass is 605 g/mol. The molecule has 0 unspecified atom stereocenters. The maximum atomic E-state index is 13.5. The van der Waals surface area contributed by atoms with Crippen molar-refractivity contribution in [1.29, 1.82) is 0 Å². The molecule has 2 amide bonds. The van der Waals surface area contributed by atoms with E-state index in [0.717, 1.165) is 43.0 Å². The van der Waals surface area contributed by atoms with Crippen LogP contribution in [0.5, 0.6) is 0 Å². The third-order valence-corrected chi connectivity index (χ3v) is 8.53. The number of pyridine rings is 1. The predicted molar refractivity (Wildman–Crippen MR) is 163 cm³/mol. The fraction of sp³-hybridized carbons (Fsp3) is 0.452. The first-order chi connectivity index (χ1) is 20.9. The summed E-state index contributed by atoms with van der Waals surface area (Å²) in [7, 11) is 0. The fourth-order valence-corrected chi connectivity index (χ4v) is 5.85. The highest BCUT2D eigenvalue weighted by Crippen LogP contribution is 2.32. The number of hydrogen-bond donors (Lipinski definition) is 2. The van der Waals surface area contributed by atoms with E-state index < -0.39 is 6.04 Å². The molecule has 2 N–H and O–H groups in total. The van der Waals surface area contributed by atoms with E-state index in [1.165, 1.54) is 0 Å². The molecule has 2 atom stereocenters. The number of fused-ring (bicyclic) bond motifs is 1. The smallest absolute Gasteiger partial charge is 0.255 e. The van der Waals surface area contributed by atoms with Crippen molar-refractivity contribution in [3.63, 3.8) is 0 Å². The van der Waals surface area contributed by atoms with Crippen molar-refractivity contribution >= 4 is 35.2 Å². The number of carbonyl (C=O) groups excluding carboxylic acids is 2. The molecule has 3 aliphatic rings. The van der Waals surface area contributed by atoms with Crippen LogP contribution in [0.25, 0.3) is 11.3 Å². The van der Waals surface area contributed by atoms with Gasteiger partial charge in [0.2, 0.25) is 11.9 Å². The van der Waals surface area contributed by atoms with Crippen molar-refractivity contribution in [2.45, 2.75) is 51.4 Å². The van der Waals surface area contributed by atoms with Crippen molar-refractivity contribution in [2.75, 3.05) is 49.7 Å². The summed E-state index contributed by atoms with van der Waals surface area (Å²) < 4.78 is 10.9. The summed E-state index contributed by atoms with van der Waals surface area (Å²) in [6.07, 6.45) is 3.34. The van der Waals surface area contributed by atoms with Crippen molar-refractivity contribution in [3.05, 3.63) is 64.4 Å². The maximum absolute atomic E-state index is 13.5. The first-order valence-electron chi connectivity index (χ1n) is 14.8. The van der Waals surface area contributed by atoms with Gasteiger partial charge >= 0.3 is 0 Å². The number of hydrogen-bond acceptors (Lipinski definition) is 9. The zero-order valence-electron chi connectivity index (χ0n) is 24.4. The second kappa shape index (κ2) is 12.8. The number of nitrogens with one attached hydrogen (secondary N) is 2. The highest BCUT2D eigenvalue weighted by molar-refractivity contribution is 6.33. The van der Waals surface area contributed by atoms with E-state index >= 15 is 0 Å². The highest BCUT2D eigenvalue weighted by atomic mass is 35.5. The molecular weight excluding hydrogens is 570 g/mol. The van der Waals surface area contributed by atoms with Gasteiger partial charge in [-0.05, 0) is 50.5 Å². The first-order valence-corrected chi connectivity index (χ1v) is 15.2. The lowest BCUT2D eigenvalue weighted by Crippen LogP contribution is -2.46. The van der Waals surface area contributed by atoms with Crippen LogP contribution in [0, 0.1) is 0 Å². The molecule has 1 aromatic carbocycles. The lowest BCUT2D eigenvalue weighted by atomic mass is 10.0. The second-order valence-electron chi connectivity index (χ2n) is 11.2. The van der Waals surface area contributed by atoms with Gasteiger partial charge < -0.3 is 29.9 Å². The van der Waals surface area contributed by atoms with Crippen molar-refractivity contribution in [1.82, 2.24) is 25.2 Å². The van der Waals surface area contributed by atoms with Crippen LogP contribution >= 0.6 is 11.6 Å². The Bertz CT molecular complexity index is 1490. The van der Waals surface area contributed by atoms with E-state index in [4.69, 9.17) is 26.1 Å². The van der Waals surface area contributed by atoms with Crippen molar-refractivity contribution in [2.24, 2.45) is 0 Å². The summed E-state index contributed by atoms with van der Waals surface area (Å²) in [6, 6.07) is 10.7. The van der Waals surface area contributed by atoms with E-state index in [1.807, 2.05) is 37.3 Å². The van der Waals surface area contributed by atoms with Gasteiger partial charge in [-0.2, -0.15) is 0 Å². The summed E-state index contributed by atoms with van der Waals surface area (Å²) in [5.74, 6) is 0.913. The van der Waals surface area contributed by atoms with E-state index in [2.05, 4.69) is 25.5 Å². The Morgan fingerprint density at radius 1 is 1.05 bits per heavy atom. The lowest BCUT2D eigenvalue weighted by Gasteiger charge is -2.29. The molecule has 226 valence electrons. The number of ether oxygens (including phenoxy) is 2. The molecular formula is C31H36ClN7O4. The number of rotatable bonds is 8. The number of carbonyl (C=O) groups is 2. The van der Waals surface area contributed by atoms with Crippen LogP contribution < -0.4 is 15.5 Å². The van der Waals surface area contributed by atoms with E-state index in [9.17, 15) is 9.59 Å². The minimum Gasteiger partial charge on any atom is -0.381 e. The summed E-state index contributed by atoms with van der Waals surface area (Å²) in [6.45, 7) is 8.31. The van der Waals surface area contributed by atoms with Gasteiger partial charge in [0.25, 0.3) is 5.91 Å². The van der Waals surface area contributed by atoms with Crippen molar-refractivity contribution in [3.8, 4) is 11.3 Å². The molecule has 2 aromatic heterocycles. The molecule has 0 spiro atoms. The summed E-state index contributed by atoms with van der Waals surface area (Å²) in [5, 5.41) is 6.81. The SMILES string of the molecule is C[C@@H](NC(=O)[C@H](C)N1Cc2ccc(-c3nc(NC4CCOCC4)ncc3Cl)cc2C1=O)c1cccc(N2CCOCC2)n1. The molecule has 6 rings (SSSR count). The van der Waals surface area contributed by atoms with Gasteiger partial charge in [0.1, 0.15) is 11.9 Å². The van der Waals surface area contributed by atoms with Crippen LogP contribution in [0.1, 0.15) is 54.3 Å². The largest absolute Gasteiger partial charge is 0.381 e. The molecule has 0 radical (unpaired) electrons. The third kappa shape index (κ3) is 6.43. The van der Waals surface area contributed by atoms with Gasteiger partial charge in [0.05, 0.1) is 41.9 Å². The highest BCUT2D eigenvalue weighted by Gasteiger charge is 2.35. The maximum Gasteiger partial charge on any atom is 0.255 e. The normalized spacial score (nSPS) is 18.7. The number of anilines is 2. The third-order valence-electron chi connectivity index (χ3n) is 8.25. The molecule has 3 aliphatic heterocycles. The van der Waals surface area contributed by atoms with E-state index in [1.54, 1.807) is 24.1 Å². The Kier molecular flexibility index (Phi) is 8.73. The van der Waals surface area contributed by atoms with E-state index in [0.29, 0.717) is 60.8 Å². The average Bonchev–Trinajstić information content (AvgIpc) is 3.37. The van der Waals surface area contributed by atoms with Crippen LogP contribution in [0.2, 0.25) is 5.02 Å². The van der Waals surface area contributed by atoms with Crippen LogP contribution in [0.4, 0.5) is 11.8 Å². The molecule has 43 heavy (non-hydrogen) atoms. The Labute approximate surface area is 255 Å². The van der Waals surface area contributed by atoms with Crippen LogP contribution in [-0.4, -0.2) is 83.3 Å². The quantitative estimate of drug-likeness (QED) is 0.394. The summed E-state index contributed by atoms with van der Waals surface area (Å²) in [4.78, 5) is 44.4. The number of nitrogens with zero attached hydrogens (tertiary/aromatic N) is 5. The number of benzene rings is 1. The van der Waals surface area contributed by atoms with E-state index in [-0.39, 0.29) is 23.9 Å².